The van der Waals surface area contributed by atoms with Crippen LogP contribution in [-0.2, 0) is 20.7 Å². The Bertz CT molecular complexity index is 1370. The van der Waals surface area contributed by atoms with E-state index < -0.39 is 18.1 Å². The number of esters is 1. The molecule has 40 heavy (non-hydrogen) atoms. The van der Waals surface area contributed by atoms with Crippen LogP contribution in [0.3, 0.4) is 0 Å². The van der Waals surface area contributed by atoms with Gasteiger partial charge >= 0.3 is 5.97 Å². The number of aryl methyl sites for hydroxylation is 1. The summed E-state index contributed by atoms with van der Waals surface area (Å²) in [4.78, 5) is 44.7. The van der Waals surface area contributed by atoms with E-state index in [2.05, 4.69) is 6.07 Å². The number of hydrogen-bond donors (Lipinski definition) is 0. The number of likely N-dealkylation sites (N-methyl/N-ethyl adjacent to an activating group) is 1. The maximum Gasteiger partial charge on any atom is 0.308 e. The molecule has 206 valence electrons. The minimum Gasteiger partial charge on any atom is -0.466 e. The van der Waals surface area contributed by atoms with Crippen LogP contribution < -0.4 is 4.90 Å². The Hall–Kier alpha value is -4.44. The number of hydrogen-bond acceptors (Lipinski definition) is 5. The summed E-state index contributed by atoms with van der Waals surface area (Å²) in [5, 5.41) is 8.80. The van der Waals surface area contributed by atoms with Crippen LogP contribution in [-0.4, -0.2) is 36.3 Å². The second-order valence-corrected chi connectivity index (χ2v) is 9.93. The smallest absolute Gasteiger partial charge is 0.308 e. The fraction of sp³-hybridized carbons (Fsp3) is 0.333. The van der Waals surface area contributed by atoms with Gasteiger partial charge in [-0.2, -0.15) is 5.26 Å². The molecule has 0 radical (unpaired) electrons. The van der Waals surface area contributed by atoms with Crippen molar-refractivity contribution in [2.75, 3.05) is 18.6 Å². The van der Waals surface area contributed by atoms with Crippen LogP contribution in [0, 0.1) is 11.3 Å². The van der Waals surface area contributed by atoms with Gasteiger partial charge in [-0.25, -0.2) is 0 Å². The molecule has 0 saturated heterocycles. The summed E-state index contributed by atoms with van der Waals surface area (Å²) in [6.45, 7) is 1.97. The summed E-state index contributed by atoms with van der Waals surface area (Å²) in [7, 11) is 1.69. The van der Waals surface area contributed by atoms with Gasteiger partial charge < -0.3 is 14.5 Å². The standard InChI is InChI=1S/C33H35N3O4/c1-3-40-30(37)23-29(25-15-9-6-10-16-25)36-31(26-17-11-7-12-18-26)33(39)35(2)28-20-19-24(22-27(28)32(36)38)14-8-4-5-13-21-34/h6-7,9-12,15-20,22,29,31H,3-5,8,13-14,23H2,1-2H3. The van der Waals surface area contributed by atoms with E-state index in [0.29, 0.717) is 23.2 Å². The summed E-state index contributed by atoms with van der Waals surface area (Å²) < 4.78 is 5.31. The summed E-state index contributed by atoms with van der Waals surface area (Å²) in [5.41, 5.74) is 3.37. The molecule has 2 unspecified atom stereocenters. The summed E-state index contributed by atoms with van der Waals surface area (Å²) in [6, 6.07) is 24.7. The molecule has 0 N–H and O–H groups in total. The van der Waals surface area contributed by atoms with Gasteiger partial charge in [0.2, 0.25) is 0 Å². The molecular formula is C33H35N3O4. The van der Waals surface area contributed by atoms with Crippen molar-refractivity contribution in [2.24, 2.45) is 0 Å². The molecule has 0 saturated carbocycles. The Balaban J connectivity index is 1.83. The van der Waals surface area contributed by atoms with Crippen LogP contribution in [0.25, 0.3) is 0 Å². The minimum atomic E-state index is -0.944. The van der Waals surface area contributed by atoms with Gasteiger partial charge in [0.25, 0.3) is 11.8 Å². The van der Waals surface area contributed by atoms with Crippen LogP contribution in [0.2, 0.25) is 0 Å². The third-order valence-electron chi connectivity index (χ3n) is 7.28. The molecule has 3 aromatic rings. The average molecular weight is 538 g/mol. The summed E-state index contributed by atoms with van der Waals surface area (Å²) >= 11 is 0. The molecule has 2 amide bonds. The second kappa shape index (κ2) is 13.6. The number of nitriles is 1. The Kier molecular flexibility index (Phi) is 9.69. The molecule has 1 heterocycles. The van der Waals surface area contributed by atoms with Gasteiger partial charge in [0, 0.05) is 13.5 Å². The zero-order valence-electron chi connectivity index (χ0n) is 23.1. The molecule has 7 heteroatoms. The monoisotopic (exact) mass is 537 g/mol. The first-order valence-electron chi connectivity index (χ1n) is 13.8. The van der Waals surface area contributed by atoms with Crippen LogP contribution >= 0.6 is 0 Å². The predicted octanol–water partition coefficient (Wildman–Crippen LogP) is 6.17. The van der Waals surface area contributed by atoms with E-state index in [0.717, 1.165) is 36.8 Å². The summed E-state index contributed by atoms with van der Waals surface area (Å²) in [5.74, 6) is -1.01. The molecule has 0 aromatic heterocycles. The van der Waals surface area contributed by atoms with Gasteiger partial charge in [-0.15, -0.1) is 0 Å². The van der Waals surface area contributed by atoms with Crippen molar-refractivity contribution in [3.63, 3.8) is 0 Å². The SMILES string of the molecule is CCOC(=O)CC(c1ccccc1)N1C(=O)c2cc(CCCCCC#N)ccc2N(C)C(=O)C1c1ccccc1. The van der Waals surface area contributed by atoms with Crippen molar-refractivity contribution in [1.29, 1.82) is 5.26 Å². The highest BCUT2D eigenvalue weighted by Gasteiger charge is 2.43. The molecule has 1 aliphatic heterocycles. The number of fused-ring (bicyclic) bond motifs is 1. The first kappa shape index (κ1) is 28.6. The first-order valence-corrected chi connectivity index (χ1v) is 13.8. The van der Waals surface area contributed by atoms with Crippen molar-refractivity contribution in [2.45, 2.75) is 57.5 Å². The van der Waals surface area contributed by atoms with Crippen LogP contribution in [0.15, 0.2) is 78.9 Å². The Labute approximate surface area is 236 Å². The molecule has 0 fully saturated rings. The number of amides is 2. The fourth-order valence-corrected chi connectivity index (χ4v) is 5.28. The number of nitrogens with zero attached hydrogens (tertiary/aromatic N) is 3. The highest BCUT2D eigenvalue weighted by molar-refractivity contribution is 6.11. The first-order chi connectivity index (χ1) is 19.5. The highest BCUT2D eigenvalue weighted by atomic mass is 16.5. The van der Waals surface area contributed by atoms with E-state index in [9.17, 15) is 14.4 Å². The van der Waals surface area contributed by atoms with Crippen molar-refractivity contribution in [1.82, 2.24) is 4.90 Å². The normalized spacial score (nSPS) is 15.7. The van der Waals surface area contributed by atoms with Crippen molar-refractivity contribution < 1.29 is 19.1 Å². The molecular weight excluding hydrogens is 502 g/mol. The van der Waals surface area contributed by atoms with Crippen molar-refractivity contribution >= 4 is 23.5 Å². The number of unbranched alkanes of at least 4 members (excludes halogenated alkanes) is 3. The Morgan fingerprint density at radius 2 is 1.68 bits per heavy atom. The van der Waals surface area contributed by atoms with Crippen molar-refractivity contribution in [3.8, 4) is 6.07 Å². The Morgan fingerprint density at radius 1 is 0.975 bits per heavy atom. The Morgan fingerprint density at radius 3 is 2.35 bits per heavy atom. The zero-order chi connectivity index (χ0) is 28.5. The van der Waals surface area contributed by atoms with Crippen molar-refractivity contribution in [3.05, 3.63) is 101 Å². The van der Waals surface area contributed by atoms with Gasteiger partial charge in [-0.3, -0.25) is 14.4 Å². The average Bonchev–Trinajstić information content (AvgIpc) is 3.05. The van der Waals surface area contributed by atoms with Gasteiger partial charge in [0.05, 0.1) is 36.4 Å². The highest BCUT2D eigenvalue weighted by Crippen LogP contribution is 2.41. The van der Waals surface area contributed by atoms with E-state index in [4.69, 9.17) is 10.00 Å². The molecule has 0 spiro atoms. The third kappa shape index (κ3) is 6.40. The lowest BCUT2D eigenvalue weighted by Gasteiger charge is -2.37. The summed E-state index contributed by atoms with van der Waals surface area (Å²) in [6.07, 6.45) is 3.88. The largest absolute Gasteiger partial charge is 0.466 e. The lowest BCUT2D eigenvalue weighted by Crippen LogP contribution is -2.44. The minimum absolute atomic E-state index is 0.0855. The van der Waals surface area contributed by atoms with Crippen LogP contribution in [0.5, 0.6) is 0 Å². The van der Waals surface area contributed by atoms with Crippen LogP contribution in [0.4, 0.5) is 5.69 Å². The fourth-order valence-electron chi connectivity index (χ4n) is 5.28. The topological polar surface area (TPSA) is 90.7 Å². The van der Waals surface area contributed by atoms with Gasteiger partial charge in [-0.1, -0.05) is 73.2 Å². The maximum absolute atomic E-state index is 14.6. The molecule has 0 aliphatic carbocycles. The molecule has 3 aromatic carbocycles. The van der Waals surface area contributed by atoms with E-state index in [1.807, 2.05) is 78.9 Å². The van der Waals surface area contributed by atoms with E-state index in [1.54, 1.807) is 23.8 Å². The van der Waals surface area contributed by atoms with E-state index >= 15 is 0 Å². The molecule has 0 bridgehead atoms. The number of rotatable bonds is 11. The van der Waals surface area contributed by atoms with E-state index in [-0.39, 0.29) is 24.8 Å². The van der Waals surface area contributed by atoms with E-state index in [1.165, 1.54) is 0 Å². The van der Waals surface area contributed by atoms with Gasteiger partial charge in [0.15, 0.2) is 0 Å². The number of carbonyl (C=O) groups is 3. The maximum atomic E-state index is 14.6. The third-order valence-corrected chi connectivity index (χ3v) is 7.28. The second-order valence-electron chi connectivity index (χ2n) is 9.93. The zero-order valence-corrected chi connectivity index (χ0v) is 23.1. The van der Waals surface area contributed by atoms with Gasteiger partial charge in [-0.05, 0) is 55.0 Å². The quantitative estimate of drug-likeness (QED) is 0.216. The molecule has 4 rings (SSSR count). The lowest BCUT2D eigenvalue weighted by atomic mass is 9.95. The number of anilines is 1. The molecule has 2 atom stereocenters. The lowest BCUT2D eigenvalue weighted by molar-refractivity contribution is -0.145. The molecule has 1 aliphatic rings. The molecule has 7 nitrogen and oxygen atoms in total. The van der Waals surface area contributed by atoms with Crippen LogP contribution in [0.1, 0.15) is 78.2 Å². The number of ether oxygens (including phenoxy) is 1. The number of carbonyl (C=O) groups excluding carboxylic acids is 3. The predicted molar refractivity (Wildman–Crippen MR) is 153 cm³/mol. The number of benzene rings is 3. The van der Waals surface area contributed by atoms with Gasteiger partial charge in [0.1, 0.15) is 6.04 Å².